The van der Waals surface area contributed by atoms with Gasteiger partial charge in [-0.1, -0.05) is 0 Å². The first kappa shape index (κ1) is 10.9. The molecule has 4 aliphatic carbocycles. The molecule has 2 nitrogen and oxygen atoms in total. The van der Waals surface area contributed by atoms with Crippen molar-refractivity contribution in [2.75, 3.05) is 12.3 Å². The van der Waals surface area contributed by atoms with Crippen LogP contribution in [0.25, 0.3) is 0 Å². The van der Waals surface area contributed by atoms with Crippen molar-refractivity contribution in [2.24, 2.45) is 40.3 Å². The molecule has 1 aliphatic heterocycles. The monoisotopic (exact) mass is 250 g/mol. The Morgan fingerprint density at radius 1 is 1.06 bits per heavy atom. The summed E-state index contributed by atoms with van der Waals surface area (Å²) in [4.78, 5) is 4.91. The van der Waals surface area contributed by atoms with Crippen LogP contribution in [0.3, 0.4) is 0 Å². The summed E-state index contributed by atoms with van der Waals surface area (Å²) in [5.41, 5.74) is 5.75. The molecule has 5 rings (SSSR count). The maximum Gasteiger partial charge on any atom is 0.0725 e. The lowest BCUT2D eigenvalue weighted by Gasteiger charge is -2.54. The number of hydrogen-bond acceptors (Lipinski definition) is 3. The van der Waals surface area contributed by atoms with Crippen molar-refractivity contribution in [1.82, 2.24) is 0 Å². The van der Waals surface area contributed by atoms with Gasteiger partial charge in [-0.25, -0.2) is 0 Å². The van der Waals surface area contributed by atoms with Crippen molar-refractivity contribution < 1.29 is 0 Å². The fourth-order valence-electron chi connectivity index (χ4n) is 5.07. The van der Waals surface area contributed by atoms with Gasteiger partial charge in [0.05, 0.1) is 11.1 Å². The second-order valence-corrected chi connectivity index (χ2v) is 7.66. The van der Waals surface area contributed by atoms with Crippen LogP contribution in [0.4, 0.5) is 0 Å². The summed E-state index contributed by atoms with van der Waals surface area (Å²) in [7, 11) is 0. The van der Waals surface area contributed by atoms with Crippen molar-refractivity contribution >= 4 is 16.8 Å². The smallest absolute Gasteiger partial charge is 0.0725 e. The number of nitrogens with zero attached hydrogens (tertiary/aromatic N) is 1. The van der Waals surface area contributed by atoms with Crippen LogP contribution >= 0.6 is 11.8 Å². The Morgan fingerprint density at radius 3 is 2.24 bits per heavy atom. The maximum absolute atomic E-state index is 5.75. The largest absolute Gasteiger partial charge is 0.328 e. The van der Waals surface area contributed by atoms with E-state index in [-0.39, 0.29) is 0 Å². The van der Waals surface area contributed by atoms with Gasteiger partial charge >= 0.3 is 0 Å². The molecule has 1 unspecified atom stereocenters. The highest BCUT2D eigenvalue weighted by atomic mass is 32.2. The SMILES string of the molecule is NCC1CSC(C2C3CC4CC(C3)CC2C4)=N1. The lowest BCUT2D eigenvalue weighted by molar-refractivity contribution is -0.00708. The van der Waals surface area contributed by atoms with Crippen LogP contribution in [0.5, 0.6) is 0 Å². The average molecular weight is 250 g/mol. The molecule has 94 valence electrons. The van der Waals surface area contributed by atoms with Gasteiger partial charge in [0.15, 0.2) is 0 Å². The standard InChI is InChI=1S/C14H22N2S/c15-6-12-7-17-14(16-12)13-10-2-8-1-9(4-10)5-11(13)3-8/h8-13H,1-7,15H2. The Morgan fingerprint density at radius 2 is 1.71 bits per heavy atom. The number of thioether (sulfide) groups is 1. The minimum absolute atomic E-state index is 0.423. The molecule has 2 N–H and O–H groups in total. The third kappa shape index (κ3) is 1.69. The summed E-state index contributed by atoms with van der Waals surface area (Å²) in [5.74, 6) is 6.10. The molecule has 0 amide bonds. The third-order valence-electron chi connectivity index (χ3n) is 5.52. The molecule has 1 atom stereocenters. The second-order valence-electron chi connectivity index (χ2n) is 6.62. The molecular weight excluding hydrogens is 228 g/mol. The fraction of sp³-hybridized carbons (Fsp3) is 0.929. The first-order chi connectivity index (χ1) is 8.33. The number of rotatable bonds is 2. The number of aliphatic imine (C=N–C) groups is 1. The Labute approximate surface area is 108 Å². The number of hydrogen-bond donors (Lipinski definition) is 1. The second kappa shape index (κ2) is 3.99. The van der Waals surface area contributed by atoms with Crippen LogP contribution in [0.2, 0.25) is 0 Å². The molecule has 4 bridgehead atoms. The van der Waals surface area contributed by atoms with Crippen molar-refractivity contribution in [3.8, 4) is 0 Å². The molecular formula is C14H22N2S. The van der Waals surface area contributed by atoms with Crippen LogP contribution in [0.15, 0.2) is 4.99 Å². The van der Waals surface area contributed by atoms with Gasteiger partial charge in [-0.05, 0) is 55.8 Å². The van der Waals surface area contributed by atoms with E-state index in [1.807, 2.05) is 11.8 Å². The quantitative estimate of drug-likeness (QED) is 0.818. The maximum atomic E-state index is 5.75. The average Bonchev–Trinajstić information content (AvgIpc) is 2.76. The lowest BCUT2D eigenvalue weighted by atomic mass is 9.52. The van der Waals surface area contributed by atoms with Crippen molar-refractivity contribution in [2.45, 2.75) is 38.1 Å². The van der Waals surface area contributed by atoms with Crippen LogP contribution < -0.4 is 5.73 Å². The highest BCUT2D eigenvalue weighted by Gasteiger charge is 2.50. The predicted molar refractivity (Wildman–Crippen MR) is 73.3 cm³/mol. The molecule has 4 saturated carbocycles. The topological polar surface area (TPSA) is 38.4 Å². The normalized spacial score (nSPS) is 51.9. The van der Waals surface area contributed by atoms with Gasteiger partial charge in [-0.15, -0.1) is 11.8 Å². The van der Waals surface area contributed by atoms with Crippen LogP contribution in [-0.2, 0) is 0 Å². The minimum atomic E-state index is 0.423. The van der Waals surface area contributed by atoms with E-state index in [1.165, 1.54) is 30.7 Å². The fourth-order valence-corrected chi connectivity index (χ4v) is 6.44. The van der Waals surface area contributed by atoms with Crippen LogP contribution in [0.1, 0.15) is 32.1 Å². The highest BCUT2D eigenvalue weighted by Crippen LogP contribution is 2.58. The highest BCUT2D eigenvalue weighted by molar-refractivity contribution is 8.14. The predicted octanol–water partition coefficient (Wildman–Crippen LogP) is 2.53. The van der Waals surface area contributed by atoms with Gasteiger partial charge in [0, 0.05) is 18.2 Å². The molecule has 1 heterocycles. The van der Waals surface area contributed by atoms with Gasteiger partial charge in [0.1, 0.15) is 0 Å². The zero-order chi connectivity index (χ0) is 11.4. The molecule has 0 radical (unpaired) electrons. The summed E-state index contributed by atoms with van der Waals surface area (Å²) in [6.45, 7) is 0.740. The third-order valence-corrected chi connectivity index (χ3v) is 6.74. The molecule has 0 aromatic rings. The van der Waals surface area contributed by atoms with Gasteiger partial charge < -0.3 is 5.73 Å². The van der Waals surface area contributed by atoms with E-state index in [4.69, 9.17) is 10.7 Å². The van der Waals surface area contributed by atoms with E-state index in [2.05, 4.69) is 0 Å². The Bertz CT molecular complexity index is 324. The molecule has 0 aromatic carbocycles. The summed E-state index contributed by atoms with van der Waals surface area (Å²) >= 11 is 2.02. The van der Waals surface area contributed by atoms with Crippen LogP contribution in [0, 0.1) is 29.6 Å². The van der Waals surface area contributed by atoms with Crippen molar-refractivity contribution in [1.29, 1.82) is 0 Å². The Kier molecular flexibility index (Phi) is 2.55. The lowest BCUT2D eigenvalue weighted by Crippen LogP contribution is -2.47. The van der Waals surface area contributed by atoms with Gasteiger partial charge in [-0.3, -0.25) is 4.99 Å². The molecule has 0 aromatic heterocycles. The molecule has 0 spiro atoms. The van der Waals surface area contributed by atoms with Crippen LogP contribution in [-0.4, -0.2) is 23.4 Å². The summed E-state index contributed by atoms with van der Waals surface area (Å²) in [5, 5.41) is 1.49. The summed E-state index contributed by atoms with van der Waals surface area (Å²) < 4.78 is 0. The van der Waals surface area contributed by atoms with E-state index < -0.39 is 0 Å². The zero-order valence-corrected chi connectivity index (χ0v) is 11.2. The Hall–Kier alpha value is -0.0200. The molecule has 0 saturated heterocycles. The molecule has 5 aliphatic rings. The number of nitrogens with two attached hydrogens (primary N) is 1. The molecule has 4 fully saturated rings. The van der Waals surface area contributed by atoms with E-state index in [0.717, 1.165) is 41.9 Å². The summed E-state index contributed by atoms with van der Waals surface area (Å²) in [6.07, 6.45) is 7.56. The van der Waals surface area contributed by atoms with Gasteiger partial charge in [0.2, 0.25) is 0 Å². The van der Waals surface area contributed by atoms with E-state index >= 15 is 0 Å². The minimum Gasteiger partial charge on any atom is -0.328 e. The molecule has 17 heavy (non-hydrogen) atoms. The Balaban J connectivity index is 1.58. The van der Waals surface area contributed by atoms with Gasteiger partial charge in [0.25, 0.3) is 0 Å². The van der Waals surface area contributed by atoms with E-state index in [9.17, 15) is 0 Å². The van der Waals surface area contributed by atoms with E-state index in [0.29, 0.717) is 6.04 Å². The first-order valence-corrected chi connectivity index (χ1v) is 8.22. The van der Waals surface area contributed by atoms with Crippen molar-refractivity contribution in [3.63, 3.8) is 0 Å². The van der Waals surface area contributed by atoms with Gasteiger partial charge in [-0.2, -0.15) is 0 Å². The van der Waals surface area contributed by atoms with Crippen molar-refractivity contribution in [3.05, 3.63) is 0 Å². The zero-order valence-electron chi connectivity index (χ0n) is 10.3. The first-order valence-electron chi connectivity index (χ1n) is 7.24. The van der Waals surface area contributed by atoms with E-state index in [1.54, 1.807) is 6.42 Å². The summed E-state index contributed by atoms with van der Waals surface area (Å²) in [6, 6.07) is 0.423. The molecule has 3 heteroatoms.